The number of benzene rings is 1. The molecule has 0 saturated heterocycles. The fraction of sp³-hybridized carbons (Fsp3) is 0.286. The van der Waals surface area contributed by atoms with E-state index in [-0.39, 0.29) is 5.91 Å². The van der Waals surface area contributed by atoms with Gasteiger partial charge in [0.1, 0.15) is 5.75 Å². The van der Waals surface area contributed by atoms with Gasteiger partial charge in [-0.3, -0.25) is 15.1 Å². The minimum atomic E-state index is -0.178. The Bertz CT molecular complexity index is 1090. The van der Waals surface area contributed by atoms with E-state index in [9.17, 15) is 4.79 Å². The van der Waals surface area contributed by atoms with Gasteiger partial charge in [0, 0.05) is 42.7 Å². The van der Waals surface area contributed by atoms with Gasteiger partial charge in [-0.25, -0.2) is 4.98 Å². The molecule has 7 heteroatoms. The van der Waals surface area contributed by atoms with Crippen LogP contribution in [0, 0.1) is 19.8 Å². The normalized spacial score (nSPS) is 15.9. The number of rotatable bonds is 5. The molecule has 1 aliphatic rings. The fourth-order valence-electron chi connectivity index (χ4n) is 3.54. The second-order valence-corrected chi connectivity index (χ2v) is 6.98. The number of aromatic amines is 1. The molecule has 0 spiro atoms. The number of amides is 1. The van der Waals surface area contributed by atoms with E-state index in [1.54, 1.807) is 7.11 Å². The standard InChI is InChI=1S/C21H23N5O2/c1-13-9-17(14(2)26(13)12-15-5-4-8-22-11-15)20(27)25-21-23-18-7-6-16(28-3)10-19(18)24-21/h4-10,15H,11-12H2,1-3H3,(H2,23,24,25,27). The van der Waals surface area contributed by atoms with E-state index in [0.717, 1.165) is 41.3 Å². The van der Waals surface area contributed by atoms with E-state index in [2.05, 4.69) is 30.9 Å². The molecule has 7 nitrogen and oxygen atoms in total. The summed E-state index contributed by atoms with van der Waals surface area (Å²) in [5.74, 6) is 1.32. The molecule has 3 heterocycles. The molecule has 3 aromatic rings. The van der Waals surface area contributed by atoms with Crippen molar-refractivity contribution < 1.29 is 9.53 Å². The second-order valence-electron chi connectivity index (χ2n) is 6.98. The molecular formula is C21H23N5O2. The van der Waals surface area contributed by atoms with Gasteiger partial charge < -0.3 is 14.3 Å². The van der Waals surface area contributed by atoms with Crippen LogP contribution in [0.2, 0.25) is 0 Å². The molecular weight excluding hydrogens is 354 g/mol. The lowest BCUT2D eigenvalue weighted by Gasteiger charge is -2.17. The number of allylic oxidation sites excluding steroid dienone is 1. The number of carbonyl (C=O) groups is 1. The fourth-order valence-corrected chi connectivity index (χ4v) is 3.54. The van der Waals surface area contributed by atoms with E-state index < -0.39 is 0 Å². The molecule has 1 atom stereocenters. The van der Waals surface area contributed by atoms with Gasteiger partial charge in [-0.15, -0.1) is 0 Å². The Labute approximate surface area is 163 Å². The van der Waals surface area contributed by atoms with Crippen molar-refractivity contribution in [3.05, 3.63) is 53.4 Å². The zero-order chi connectivity index (χ0) is 19.7. The number of nitrogens with one attached hydrogen (secondary N) is 2. The summed E-state index contributed by atoms with van der Waals surface area (Å²) in [6.45, 7) is 5.58. The van der Waals surface area contributed by atoms with E-state index in [1.807, 2.05) is 50.4 Å². The largest absolute Gasteiger partial charge is 0.497 e. The highest BCUT2D eigenvalue weighted by atomic mass is 16.5. The molecule has 2 aromatic heterocycles. The van der Waals surface area contributed by atoms with Crippen LogP contribution in [-0.2, 0) is 6.54 Å². The van der Waals surface area contributed by atoms with Crippen LogP contribution in [0.4, 0.5) is 5.95 Å². The van der Waals surface area contributed by atoms with Crippen molar-refractivity contribution in [1.82, 2.24) is 14.5 Å². The van der Waals surface area contributed by atoms with Crippen LogP contribution in [0.5, 0.6) is 5.75 Å². The smallest absolute Gasteiger partial charge is 0.259 e. The lowest BCUT2D eigenvalue weighted by Crippen LogP contribution is -2.17. The van der Waals surface area contributed by atoms with Crippen molar-refractivity contribution in [3.8, 4) is 5.75 Å². The molecule has 1 aromatic carbocycles. The van der Waals surface area contributed by atoms with Crippen LogP contribution >= 0.6 is 0 Å². The predicted octanol–water partition coefficient (Wildman–Crippen LogP) is 3.50. The molecule has 144 valence electrons. The molecule has 1 aliphatic heterocycles. The first-order chi connectivity index (χ1) is 13.5. The van der Waals surface area contributed by atoms with Crippen LogP contribution in [0.15, 0.2) is 41.4 Å². The van der Waals surface area contributed by atoms with Gasteiger partial charge in [0.15, 0.2) is 0 Å². The summed E-state index contributed by atoms with van der Waals surface area (Å²) in [5, 5.41) is 2.87. The average Bonchev–Trinajstić information content (AvgIpc) is 3.23. The maximum Gasteiger partial charge on any atom is 0.259 e. The Balaban J connectivity index is 1.54. The number of imidazole rings is 1. The van der Waals surface area contributed by atoms with Crippen LogP contribution in [0.1, 0.15) is 21.7 Å². The number of hydrogen-bond acceptors (Lipinski definition) is 4. The van der Waals surface area contributed by atoms with Crippen LogP contribution in [0.25, 0.3) is 11.0 Å². The van der Waals surface area contributed by atoms with Gasteiger partial charge in [0.05, 0.1) is 23.7 Å². The third kappa shape index (κ3) is 3.43. The number of nitrogens with zero attached hydrogens (tertiary/aromatic N) is 3. The number of carbonyl (C=O) groups excluding carboxylic acids is 1. The molecule has 1 unspecified atom stereocenters. The minimum Gasteiger partial charge on any atom is -0.497 e. The van der Waals surface area contributed by atoms with E-state index >= 15 is 0 Å². The number of dihydropyridines is 1. The SMILES string of the molecule is COc1ccc2nc(NC(=O)c3cc(C)n(CC4C=CC=NC4)c3C)[nH]c2c1. The monoisotopic (exact) mass is 377 g/mol. The summed E-state index contributed by atoms with van der Waals surface area (Å²) in [6, 6.07) is 7.47. The van der Waals surface area contributed by atoms with Crippen molar-refractivity contribution >= 4 is 29.1 Å². The van der Waals surface area contributed by atoms with Crippen LogP contribution in [0.3, 0.4) is 0 Å². The highest BCUT2D eigenvalue weighted by Gasteiger charge is 2.19. The quantitative estimate of drug-likeness (QED) is 0.714. The van der Waals surface area contributed by atoms with Crippen molar-refractivity contribution in [3.63, 3.8) is 0 Å². The number of aryl methyl sites for hydroxylation is 1. The molecule has 2 N–H and O–H groups in total. The number of aromatic nitrogens is 3. The number of anilines is 1. The van der Waals surface area contributed by atoms with E-state index in [1.165, 1.54) is 0 Å². The number of methoxy groups -OCH3 is 1. The molecule has 28 heavy (non-hydrogen) atoms. The summed E-state index contributed by atoms with van der Waals surface area (Å²) >= 11 is 0. The zero-order valence-electron chi connectivity index (χ0n) is 16.2. The molecule has 0 bridgehead atoms. The van der Waals surface area contributed by atoms with Gasteiger partial charge in [-0.2, -0.15) is 0 Å². The summed E-state index contributed by atoms with van der Waals surface area (Å²) in [7, 11) is 1.62. The number of fused-ring (bicyclic) bond motifs is 1. The Morgan fingerprint density at radius 2 is 2.21 bits per heavy atom. The third-order valence-electron chi connectivity index (χ3n) is 5.07. The predicted molar refractivity (Wildman–Crippen MR) is 110 cm³/mol. The first-order valence-corrected chi connectivity index (χ1v) is 9.23. The Morgan fingerprint density at radius 1 is 1.36 bits per heavy atom. The Kier molecular flexibility index (Phi) is 4.73. The molecule has 0 aliphatic carbocycles. The highest BCUT2D eigenvalue weighted by Crippen LogP contribution is 2.22. The van der Waals surface area contributed by atoms with Crippen molar-refractivity contribution in [2.45, 2.75) is 20.4 Å². The maximum absolute atomic E-state index is 12.8. The van der Waals surface area contributed by atoms with E-state index in [4.69, 9.17) is 4.74 Å². The summed E-state index contributed by atoms with van der Waals surface area (Å²) < 4.78 is 7.40. The minimum absolute atomic E-state index is 0.178. The molecule has 0 saturated carbocycles. The van der Waals surface area contributed by atoms with Crippen molar-refractivity contribution in [1.29, 1.82) is 0 Å². The number of ether oxygens (including phenoxy) is 1. The van der Waals surface area contributed by atoms with Gasteiger partial charge in [-0.1, -0.05) is 6.08 Å². The number of H-pyrrole nitrogens is 1. The number of aliphatic imine (C=N–C) groups is 1. The third-order valence-corrected chi connectivity index (χ3v) is 5.07. The summed E-state index contributed by atoms with van der Waals surface area (Å²) in [4.78, 5) is 24.7. The number of hydrogen-bond donors (Lipinski definition) is 2. The Morgan fingerprint density at radius 3 is 2.96 bits per heavy atom. The lowest BCUT2D eigenvalue weighted by molar-refractivity contribution is 0.102. The van der Waals surface area contributed by atoms with Gasteiger partial charge in [-0.05, 0) is 38.1 Å². The second kappa shape index (κ2) is 7.34. The first-order valence-electron chi connectivity index (χ1n) is 9.23. The average molecular weight is 377 g/mol. The summed E-state index contributed by atoms with van der Waals surface area (Å²) in [6.07, 6.45) is 5.97. The van der Waals surface area contributed by atoms with E-state index in [0.29, 0.717) is 17.4 Å². The van der Waals surface area contributed by atoms with Gasteiger partial charge >= 0.3 is 0 Å². The first kappa shape index (κ1) is 18.0. The van der Waals surface area contributed by atoms with Gasteiger partial charge in [0.2, 0.25) is 5.95 Å². The van der Waals surface area contributed by atoms with Crippen molar-refractivity contribution in [2.75, 3.05) is 19.0 Å². The lowest BCUT2D eigenvalue weighted by atomic mass is 10.1. The zero-order valence-corrected chi connectivity index (χ0v) is 16.2. The van der Waals surface area contributed by atoms with Crippen molar-refractivity contribution in [2.24, 2.45) is 10.9 Å². The molecule has 0 fully saturated rings. The molecule has 4 rings (SSSR count). The van der Waals surface area contributed by atoms with Crippen LogP contribution in [-0.4, -0.2) is 40.3 Å². The van der Waals surface area contributed by atoms with Gasteiger partial charge in [0.25, 0.3) is 5.91 Å². The molecule has 0 radical (unpaired) electrons. The molecule has 1 amide bonds. The van der Waals surface area contributed by atoms with Crippen LogP contribution < -0.4 is 10.1 Å². The highest BCUT2D eigenvalue weighted by molar-refractivity contribution is 6.05. The summed E-state index contributed by atoms with van der Waals surface area (Å²) in [5.41, 5.74) is 4.23. The topological polar surface area (TPSA) is 84.3 Å². The maximum atomic E-state index is 12.8. The Hall–Kier alpha value is -3.35.